The van der Waals surface area contributed by atoms with E-state index < -0.39 is 0 Å². The van der Waals surface area contributed by atoms with Crippen LogP contribution in [0, 0.1) is 9.49 Å². The molecule has 4 nitrogen and oxygen atoms in total. The van der Waals surface area contributed by atoms with Crippen molar-refractivity contribution in [2.75, 3.05) is 13.2 Å². The Morgan fingerprint density at radius 3 is 3.21 bits per heavy atom. The molecule has 1 saturated heterocycles. The molecule has 0 amide bonds. The number of halogens is 1. The molecule has 1 aliphatic heterocycles. The fraction of sp³-hybridized carbons (Fsp3) is 0.556. The minimum Gasteiger partial charge on any atom is -0.381 e. The van der Waals surface area contributed by atoms with Crippen molar-refractivity contribution in [1.29, 1.82) is 0 Å². The van der Waals surface area contributed by atoms with Gasteiger partial charge < -0.3 is 4.74 Å². The molecule has 2 heterocycles. The van der Waals surface area contributed by atoms with E-state index in [2.05, 4.69) is 27.7 Å². The van der Waals surface area contributed by atoms with Gasteiger partial charge in [0.1, 0.15) is 0 Å². The normalized spacial score (nSPS) is 21.4. The molecule has 1 aromatic heterocycles. The predicted octanol–water partition coefficient (Wildman–Crippen LogP) is 0.884. The summed E-state index contributed by atoms with van der Waals surface area (Å²) in [5.41, 5.74) is -0.0243. The van der Waals surface area contributed by atoms with Crippen LogP contribution in [0.15, 0.2) is 17.1 Å². The van der Waals surface area contributed by atoms with E-state index in [1.54, 1.807) is 12.3 Å². The molecular formula is C9H11IN2O2. The first kappa shape index (κ1) is 10.1. The van der Waals surface area contributed by atoms with Gasteiger partial charge in [-0.3, -0.25) is 4.79 Å². The lowest BCUT2D eigenvalue weighted by atomic mass is 10.1. The first-order valence-corrected chi connectivity index (χ1v) is 5.64. The molecule has 0 aromatic carbocycles. The van der Waals surface area contributed by atoms with Gasteiger partial charge in [0.15, 0.2) is 0 Å². The molecule has 0 radical (unpaired) electrons. The zero-order valence-electron chi connectivity index (χ0n) is 7.65. The van der Waals surface area contributed by atoms with E-state index in [1.807, 2.05) is 0 Å². The van der Waals surface area contributed by atoms with E-state index in [9.17, 15) is 4.79 Å². The highest BCUT2D eigenvalue weighted by atomic mass is 127. The smallest absolute Gasteiger partial charge is 0.267 e. The lowest BCUT2D eigenvalue weighted by molar-refractivity contribution is 0.181. The third kappa shape index (κ3) is 2.33. The maximum absolute atomic E-state index is 11.5. The molecular weight excluding hydrogens is 295 g/mol. The van der Waals surface area contributed by atoms with E-state index >= 15 is 0 Å². The third-order valence-electron chi connectivity index (χ3n) is 2.29. The fourth-order valence-corrected chi connectivity index (χ4v) is 1.91. The van der Waals surface area contributed by atoms with Gasteiger partial charge in [-0.05, 0) is 29.0 Å². The van der Waals surface area contributed by atoms with Gasteiger partial charge in [-0.25, -0.2) is 4.68 Å². The van der Waals surface area contributed by atoms with Gasteiger partial charge in [-0.2, -0.15) is 5.10 Å². The maximum Gasteiger partial charge on any atom is 0.267 e. The van der Waals surface area contributed by atoms with Gasteiger partial charge >= 0.3 is 0 Å². The Labute approximate surface area is 95.4 Å². The molecule has 0 saturated carbocycles. The second-order valence-corrected chi connectivity index (χ2v) is 4.67. The van der Waals surface area contributed by atoms with Crippen LogP contribution in [0.4, 0.5) is 0 Å². The van der Waals surface area contributed by atoms with Gasteiger partial charge in [-0.1, -0.05) is 0 Å². The van der Waals surface area contributed by atoms with E-state index in [-0.39, 0.29) is 5.56 Å². The molecule has 0 spiro atoms. The first-order chi connectivity index (χ1) is 6.75. The molecule has 1 unspecified atom stereocenters. The van der Waals surface area contributed by atoms with Crippen molar-refractivity contribution >= 4 is 22.6 Å². The Morgan fingerprint density at radius 1 is 1.71 bits per heavy atom. The summed E-state index contributed by atoms with van der Waals surface area (Å²) >= 11 is 2.09. The number of rotatable bonds is 2. The second kappa shape index (κ2) is 4.39. The summed E-state index contributed by atoms with van der Waals surface area (Å²) < 4.78 is 7.64. The number of hydrogen-bond acceptors (Lipinski definition) is 3. The fourth-order valence-electron chi connectivity index (χ4n) is 1.52. The highest BCUT2D eigenvalue weighted by molar-refractivity contribution is 14.1. The second-order valence-electron chi connectivity index (χ2n) is 3.42. The summed E-state index contributed by atoms with van der Waals surface area (Å²) in [5, 5.41) is 4.08. The molecule has 1 atom stereocenters. The summed E-state index contributed by atoms with van der Waals surface area (Å²) in [5.74, 6) is 0.445. The zero-order valence-corrected chi connectivity index (χ0v) is 9.81. The number of hydrogen-bond donors (Lipinski definition) is 0. The van der Waals surface area contributed by atoms with E-state index in [4.69, 9.17) is 4.74 Å². The van der Waals surface area contributed by atoms with Crippen LogP contribution in [-0.2, 0) is 11.3 Å². The lowest BCUT2D eigenvalue weighted by Crippen LogP contribution is -2.26. The van der Waals surface area contributed by atoms with Crippen LogP contribution >= 0.6 is 22.6 Å². The van der Waals surface area contributed by atoms with E-state index in [1.165, 1.54) is 4.68 Å². The molecule has 76 valence electrons. The maximum atomic E-state index is 11.5. The SMILES string of the molecule is O=c1cc(I)cnn1CC1CCOC1. The molecule has 0 bridgehead atoms. The van der Waals surface area contributed by atoms with Crippen LogP contribution in [0.25, 0.3) is 0 Å². The van der Waals surface area contributed by atoms with Crippen LogP contribution in [0.5, 0.6) is 0 Å². The Hall–Kier alpha value is -0.430. The minimum absolute atomic E-state index is 0.0243. The molecule has 1 aromatic rings. The number of nitrogens with zero attached hydrogens (tertiary/aromatic N) is 2. The summed E-state index contributed by atoms with van der Waals surface area (Å²) in [6.45, 7) is 2.24. The average Bonchev–Trinajstić information content (AvgIpc) is 2.62. The van der Waals surface area contributed by atoms with E-state index in [0.717, 1.165) is 23.2 Å². The Balaban J connectivity index is 2.12. The largest absolute Gasteiger partial charge is 0.381 e. The molecule has 0 N–H and O–H groups in total. The van der Waals surface area contributed by atoms with Crippen molar-refractivity contribution in [3.63, 3.8) is 0 Å². The van der Waals surface area contributed by atoms with Gasteiger partial charge in [-0.15, -0.1) is 0 Å². The predicted molar refractivity (Wildman–Crippen MR) is 60.1 cm³/mol. The van der Waals surface area contributed by atoms with E-state index in [0.29, 0.717) is 12.5 Å². The average molecular weight is 306 g/mol. The van der Waals surface area contributed by atoms with Gasteiger partial charge in [0.05, 0.1) is 12.8 Å². The van der Waals surface area contributed by atoms with Crippen molar-refractivity contribution in [2.24, 2.45) is 5.92 Å². The Kier molecular flexibility index (Phi) is 3.17. The van der Waals surface area contributed by atoms with Crippen LogP contribution < -0.4 is 5.56 Å². The summed E-state index contributed by atoms with van der Waals surface area (Å²) in [7, 11) is 0. The van der Waals surface area contributed by atoms with Crippen LogP contribution in [0.1, 0.15) is 6.42 Å². The highest BCUT2D eigenvalue weighted by Gasteiger charge is 2.16. The first-order valence-electron chi connectivity index (χ1n) is 4.56. The highest BCUT2D eigenvalue weighted by Crippen LogP contribution is 2.13. The summed E-state index contributed by atoms with van der Waals surface area (Å²) in [4.78, 5) is 11.5. The van der Waals surface area contributed by atoms with Crippen LogP contribution in [0.2, 0.25) is 0 Å². The molecule has 5 heteroatoms. The number of aromatic nitrogens is 2. The van der Waals surface area contributed by atoms with Gasteiger partial charge in [0, 0.05) is 28.7 Å². The topological polar surface area (TPSA) is 44.1 Å². The van der Waals surface area contributed by atoms with Crippen molar-refractivity contribution in [3.05, 3.63) is 26.2 Å². The monoisotopic (exact) mass is 306 g/mol. The van der Waals surface area contributed by atoms with Crippen molar-refractivity contribution in [3.8, 4) is 0 Å². The zero-order chi connectivity index (χ0) is 9.97. The van der Waals surface area contributed by atoms with Gasteiger partial charge in [0.2, 0.25) is 0 Å². The standard InChI is InChI=1S/C9H11IN2O2/c10-8-3-9(13)12(11-4-8)5-7-1-2-14-6-7/h3-4,7H,1-2,5-6H2. The Bertz CT molecular complexity index is 371. The quantitative estimate of drug-likeness (QED) is 0.762. The van der Waals surface area contributed by atoms with Crippen LogP contribution in [0.3, 0.4) is 0 Å². The molecule has 0 aliphatic carbocycles. The van der Waals surface area contributed by atoms with Crippen molar-refractivity contribution in [1.82, 2.24) is 9.78 Å². The third-order valence-corrected chi connectivity index (χ3v) is 2.88. The summed E-state index contributed by atoms with van der Waals surface area (Å²) in [6, 6.07) is 1.60. The van der Waals surface area contributed by atoms with Crippen LogP contribution in [-0.4, -0.2) is 23.0 Å². The molecule has 1 aliphatic rings. The van der Waals surface area contributed by atoms with Gasteiger partial charge in [0.25, 0.3) is 5.56 Å². The molecule has 14 heavy (non-hydrogen) atoms. The minimum atomic E-state index is -0.0243. The summed E-state index contributed by atoms with van der Waals surface area (Å²) in [6.07, 6.45) is 2.73. The Morgan fingerprint density at radius 2 is 2.57 bits per heavy atom. The molecule has 1 fully saturated rings. The molecule has 2 rings (SSSR count). The van der Waals surface area contributed by atoms with Crippen molar-refractivity contribution in [2.45, 2.75) is 13.0 Å². The van der Waals surface area contributed by atoms with Crippen molar-refractivity contribution < 1.29 is 4.74 Å². The number of ether oxygens (including phenoxy) is 1. The lowest BCUT2D eigenvalue weighted by Gasteiger charge is -2.08.